The number of nitrogens with zero attached hydrogens (tertiary/aromatic N) is 5. The molecule has 1 aliphatic rings. The Morgan fingerprint density at radius 2 is 1.82 bits per heavy atom. The summed E-state index contributed by atoms with van der Waals surface area (Å²) in [6.07, 6.45) is 8.80. The monoisotopic (exact) mass is 435 g/mol. The zero-order valence-corrected chi connectivity index (χ0v) is 19.0. The first-order valence-electron chi connectivity index (χ1n) is 11.1. The molecule has 0 atom stereocenters. The smallest absolute Gasteiger partial charge is 0.301 e. The largest absolute Gasteiger partial charge is 0.333 e. The van der Waals surface area contributed by atoms with Crippen LogP contribution in [0.15, 0.2) is 65.8 Å². The lowest BCUT2D eigenvalue weighted by Gasteiger charge is -2.16. The Labute approximate surface area is 192 Å². The highest BCUT2D eigenvalue weighted by atomic mass is 16.1. The number of fused-ring (bicyclic) bond motifs is 1. The summed E-state index contributed by atoms with van der Waals surface area (Å²) in [6, 6.07) is 16.1. The summed E-state index contributed by atoms with van der Waals surface area (Å²) >= 11 is 0. The van der Waals surface area contributed by atoms with E-state index in [0.717, 1.165) is 41.6 Å². The topological polar surface area (TPSA) is 76.5 Å². The third-order valence-corrected chi connectivity index (χ3v) is 6.45. The second-order valence-corrected chi connectivity index (χ2v) is 9.14. The minimum Gasteiger partial charge on any atom is -0.301 e. The van der Waals surface area contributed by atoms with Crippen LogP contribution in [0.2, 0.25) is 0 Å². The van der Waals surface area contributed by atoms with Crippen LogP contribution in [0.4, 0.5) is 0 Å². The fourth-order valence-corrected chi connectivity index (χ4v) is 4.41. The number of benzene rings is 1. The average molecular weight is 436 g/mol. The molecule has 33 heavy (non-hydrogen) atoms. The van der Waals surface area contributed by atoms with Gasteiger partial charge in [0, 0.05) is 36.9 Å². The van der Waals surface area contributed by atoms with Gasteiger partial charge in [0.15, 0.2) is 0 Å². The molecular formula is C27H25N5O. The number of rotatable bonds is 4. The van der Waals surface area contributed by atoms with Crippen molar-refractivity contribution in [3.8, 4) is 34.3 Å². The van der Waals surface area contributed by atoms with Gasteiger partial charge in [0.2, 0.25) is 0 Å². The van der Waals surface area contributed by atoms with Gasteiger partial charge < -0.3 is 4.57 Å². The molecule has 0 N–H and O–H groups in total. The van der Waals surface area contributed by atoms with Crippen LogP contribution in [0, 0.1) is 11.3 Å². The molecule has 6 nitrogen and oxygen atoms in total. The highest BCUT2D eigenvalue weighted by Gasteiger charge is 2.21. The molecule has 3 heterocycles. The van der Waals surface area contributed by atoms with Crippen molar-refractivity contribution in [2.24, 2.45) is 7.05 Å². The van der Waals surface area contributed by atoms with Crippen molar-refractivity contribution in [2.45, 2.75) is 38.5 Å². The number of aryl methyl sites for hydroxylation is 3. The summed E-state index contributed by atoms with van der Waals surface area (Å²) in [5.41, 5.74) is 6.94. The average Bonchev–Trinajstić information content (AvgIpc) is 3.43. The maximum atomic E-state index is 13.0. The van der Waals surface area contributed by atoms with Crippen molar-refractivity contribution in [3.63, 3.8) is 0 Å². The number of imidazole rings is 1. The first-order chi connectivity index (χ1) is 15.9. The molecule has 0 saturated carbocycles. The standard InChI is InChI=1S/C27H25N5O/c1-27(2,17-28)21-7-9-22(10-8-21)32-25(16-31(3)26(32)33)24-14-18(11-12-29-24)20-13-19-5-4-6-23(19)30-15-20/h7-16H,4-6H2,1-3H3. The maximum absolute atomic E-state index is 13.0. The molecule has 0 aliphatic heterocycles. The maximum Gasteiger partial charge on any atom is 0.333 e. The second-order valence-electron chi connectivity index (χ2n) is 9.14. The molecule has 164 valence electrons. The Balaban J connectivity index is 1.58. The van der Waals surface area contributed by atoms with Gasteiger partial charge in [0.05, 0.1) is 28.6 Å². The van der Waals surface area contributed by atoms with E-state index in [2.05, 4.69) is 22.1 Å². The van der Waals surface area contributed by atoms with Crippen LogP contribution in [0.5, 0.6) is 0 Å². The van der Waals surface area contributed by atoms with Gasteiger partial charge in [-0.25, -0.2) is 4.79 Å². The van der Waals surface area contributed by atoms with E-state index in [0.29, 0.717) is 11.4 Å². The molecule has 1 aliphatic carbocycles. The molecule has 0 radical (unpaired) electrons. The normalized spacial score (nSPS) is 13.0. The van der Waals surface area contributed by atoms with E-state index < -0.39 is 5.41 Å². The van der Waals surface area contributed by atoms with Gasteiger partial charge in [-0.05, 0) is 80.1 Å². The van der Waals surface area contributed by atoms with Crippen molar-refractivity contribution in [3.05, 3.63) is 88.4 Å². The summed E-state index contributed by atoms with van der Waals surface area (Å²) in [5, 5.41) is 9.42. The van der Waals surface area contributed by atoms with E-state index in [4.69, 9.17) is 0 Å². The van der Waals surface area contributed by atoms with Crippen molar-refractivity contribution in [1.29, 1.82) is 5.26 Å². The van der Waals surface area contributed by atoms with Gasteiger partial charge in [-0.3, -0.25) is 14.5 Å². The van der Waals surface area contributed by atoms with Gasteiger partial charge in [0.25, 0.3) is 0 Å². The van der Waals surface area contributed by atoms with Crippen LogP contribution in [0.25, 0.3) is 28.2 Å². The third kappa shape index (κ3) is 3.66. The first-order valence-corrected chi connectivity index (χ1v) is 11.1. The van der Waals surface area contributed by atoms with Crippen LogP contribution in [0.3, 0.4) is 0 Å². The quantitative estimate of drug-likeness (QED) is 0.470. The molecule has 0 spiro atoms. The highest BCUT2D eigenvalue weighted by Crippen LogP contribution is 2.29. The van der Waals surface area contributed by atoms with Gasteiger partial charge in [0.1, 0.15) is 0 Å². The van der Waals surface area contributed by atoms with Gasteiger partial charge >= 0.3 is 5.69 Å². The predicted octanol–water partition coefficient (Wildman–Crippen LogP) is 4.59. The van der Waals surface area contributed by atoms with E-state index in [1.54, 1.807) is 22.4 Å². The van der Waals surface area contributed by atoms with Gasteiger partial charge in [-0.1, -0.05) is 12.1 Å². The predicted molar refractivity (Wildman–Crippen MR) is 128 cm³/mol. The zero-order valence-electron chi connectivity index (χ0n) is 19.0. The lowest BCUT2D eigenvalue weighted by molar-refractivity contribution is 0.686. The minimum atomic E-state index is -0.594. The SMILES string of the molecule is Cn1cc(-c2cc(-c3cnc4c(c3)CCC4)ccn2)n(-c2ccc(C(C)(C)C#N)cc2)c1=O. The molecular weight excluding hydrogens is 410 g/mol. The number of aromatic nitrogens is 4. The fourth-order valence-electron chi connectivity index (χ4n) is 4.41. The van der Waals surface area contributed by atoms with E-state index >= 15 is 0 Å². The van der Waals surface area contributed by atoms with Gasteiger partial charge in [-0.2, -0.15) is 5.26 Å². The minimum absolute atomic E-state index is 0.149. The van der Waals surface area contributed by atoms with E-state index in [9.17, 15) is 10.1 Å². The summed E-state index contributed by atoms with van der Waals surface area (Å²) in [4.78, 5) is 22.3. The molecule has 0 bridgehead atoms. The first kappa shape index (κ1) is 20.9. The molecule has 6 heteroatoms. The Bertz CT molecular complexity index is 1450. The summed E-state index contributed by atoms with van der Waals surface area (Å²) in [5.74, 6) is 0. The van der Waals surface area contributed by atoms with Crippen LogP contribution in [-0.2, 0) is 25.3 Å². The molecule has 0 unspecified atom stereocenters. The molecule has 0 saturated heterocycles. The second kappa shape index (κ2) is 7.86. The van der Waals surface area contributed by atoms with E-state index in [1.807, 2.05) is 62.6 Å². The molecule has 5 rings (SSSR count). The van der Waals surface area contributed by atoms with Crippen LogP contribution in [-0.4, -0.2) is 19.1 Å². The lowest BCUT2D eigenvalue weighted by Crippen LogP contribution is -2.21. The van der Waals surface area contributed by atoms with E-state index in [-0.39, 0.29) is 5.69 Å². The van der Waals surface area contributed by atoms with Crippen LogP contribution >= 0.6 is 0 Å². The molecule has 0 amide bonds. The molecule has 3 aromatic heterocycles. The number of nitriles is 1. The van der Waals surface area contributed by atoms with Crippen molar-refractivity contribution in [1.82, 2.24) is 19.1 Å². The molecule has 0 fully saturated rings. The van der Waals surface area contributed by atoms with Gasteiger partial charge in [-0.15, -0.1) is 0 Å². The molecule has 1 aromatic carbocycles. The Morgan fingerprint density at radius 3 is 2.58 bits per heavy atom. The van der Waals surface area contributed by atoms with Crippen LogP contribution in [0.1, 0.15) is 37.1 Å². The molecule has 4 aromatic rings. The summed E-state index contributed by atoms with van der Waals surface area (Å²) in [6.45, 7) is 3.76. The van der Waals surface area contributed by atoms with Crippen LogP contribution < -0.4 is 5.69 Å². The number of hydrogen-bond acceptors (Lipinski definition) is 4. The van der Waals surface area contributed by atoms with Crippen molar-refractivity contribution in [2.75, 3.05) is 0 Å². The Hall–Kier alpha value is -3.98. The lowest BCUT2D eigenvalue weighted by atomic mass is 9.86. The Morgan fingerprint density at radius 1 is 1.03 bits per heavy atom. The summed E-state index contributed by atoms with van der Waals surface area (Å²) in [7, 11) is 1.74. The fraction of sp³-hybridized carbons (Fsp3) is 0.259. The number of hydrogen-bond donors (Lipinski definition) is 0. The third-order valence-electron chi connectivity index (χ3n) is 6.45. The van der Waals surface area contributed by atoms with Crippen molar-refractivity contribution < 1.29 is 0 Å². The van der Waals surface area contributed by atoms with E-state index in [1.165, 1.54) is 11.3 Å². The number of pyridine rings is 2. The summed E-state index contributed by atoms with van der Waals surface area (Å²) < 4.78 is 3.23. The zero-order chi connectivity index (χ0) is 23.2. The Kier molecular flexibility index (Phi) is 4.98. The van der Waals surface area contributed by atoms with Crippen molar-refractivity contribution >= 4 is 0 Å². The highest BCUT2D eigenvalue weighted by molar-refractivity contribution is 5.70.